The lowest BCUT2D eigenvalue weighted by atomic mass is 10.00. The van der Waals surface area contributed by atoms with Crippen LogP contribution in [0.4, 0.5) is 9.59 Å². The zero-order valence-corrected chi connectivity index (χ0v) is 19.3. The number of hydrogen-bond acceptors (Lipinski definition) is 6. The highest BCUT2D eigenvalue weighted by molar-refractivity contribution is 7.51. The number of imide groups is 1. The minimum Gasteiger partial charge on any atom is -0.482 e. The predicted octanol–water partition coefficient (Wildman–Crippen LogP) is 4.97. The van der Waals surface area contributed by atoms with Crippen LogP contribution in [-0.2, 0) is 18.8 Å². The maximum atomic E-state index is 12.7. The van der Waals surface area contributed by atoms with Gasteiger partial charge in [-0.2, -0.15) is 0 Å². The molecule has 0 aromatic heterocycles. The fraction of sp³-hybridized carbons (Fsp3) is 0.737. The molecule has 0 spiro atoms. The van der Waals surface area contributed by atoms with Crippen LogP contribution in [-0.4, -0.2) is 57.7 Å². The fourth-order valence-corrected chi connectivity index (χ4v) is 3.21. The first kappa shape index (κ1) is 26.2. The number of aliphatic carboxylic acids is 1. The first-order valence-electron chi connectivity index (χ1n) is 8.98. The van der Waals surface area contributed by atoms with Crippen LogP contribution in [0.15, 0.2) is 12.3 Å². The molecule has 0 saturated heterocycles. The predicted molar refractivity (Wildman–Crippen MR) is 109 cm³/mol. The summed E-state index contributed by atoms with van der Waals surface area (Å²) in [5.41, 5.74) is -2.44. The first-order chi connectivity index (χ1) is 12.4. The van der Waals surface area contributed by atoms with Crippen molar-refractivity contribution in [2.45, 2.75) is 78.6 Å². The zero-order valence-electron chi connectivity index (χ0n) is 18.4. The minimum atomic E-state index is -1.09. The Labute approximate surface area is 169 Å². The summed E-state index contributed by atoms with van der Waals surface area (Å²) < 4.78 is 16.2. The molecule has 1 N–H and O–H groups in total. The van der Waals surface area contributed by atoms with Crippen LogP contribution >= 0.6 is 8.15 Å². The van der Waals surface area contributed by atoms with Crippen LogP contribution in [0.2, 0.25) is 0 Å². The largest absolute Gasteiger partial charge is 0.482 e. The molecule has 2 amide bonds. The fourth-order valence-electron chi connectivity index (χ4n) is 1.97. The number of carboxylic acid groups (broad SMARTS) is 1. The number of amides is 2. The molecule has 8 nitrogen and oxygen atoms in total. The highest BCUT2D eigenvalue weighted by Crippen LogP contribution is 2.37. The van der Waals surface area contributed by atoms with Crippen molar-refractivity contribution < 1.29 is 33.5 Å². The Balaban J connectivity index is 5.34. The Morgan fingerprint density at radius 2 is 1.36 bits per heavy atom. The van der Waals surface area contributed by atoms with E-state index in [1.807, 2.05) is 6.66 Å². The van der Waals surface area contributed by atoms with E-state index in [9.17, 15) is 14.4 Å². The van der Waals surface area contributed by atoms with Gasteiger partial charge in [0, 0.05) is 6.16 Å². The summed E-state index contributed by atoms with van der Waals surface area (Å²) in [6, 6.07) is 0. The molecule has 0 fully saturated rings. The van der Waals surface area contributed by atoms with Gasteiger partial charge in [-0.1, -0.05) is 0 Å². The second-order valence-corrected chi connectivity index (χ2v) is 10.9. The van der Waals surface area contributed by atoms with Crippen molar-refractivity contribution in [3.63, 3.8) is 0 Å². The molecular formula is C19H34NO7P. The molecule has 0 heterocycles. The Bertz CT molecular complexity index is 560. The Hall–Kier alpha value is -1.82. The van der Waals surface area contributed by atoms with Gasteiger partial charge >= 0.3 is 18.2 Å². The Morgan fingerprint density at radius 3 is 1.71 bits per heavy atom. The van der Waals surface area contributed by atoms with Crippen LogP contribution in [0.25, 0.3) is 0 Å². The number of rotatable bonds is 7. The maximum absolute atomic E-state index is 12.7. The lowest BCUT2D eigenvalue weighted by Crippen LogP contribution is -2.54. The molecule has 9 heteroatoms. The Morgan fingerprint density at radius 1 is 0.929 bits per heavy atom. The third-order valence-electron chi connectivity index (χ3n) is 3.25. The summed E-state index contributed by atoms with van der Waals surface area (Å²) in [6.07, 6.45) is 1.46. The zero-order chi connectivity index (χ0) is 22.3. The normalized spacial score (nSPS) is 13.8. The van der Waals surface area contributed by atoms with Crippen molar-refractivity contribution in [3.8, 4) is 0 Å². The number of carbonyl (C=O) groups excluding carboxylic acids is 2. The standard InChI is InChI=1S/C19H34NO7P/c1-17(2,3)26-15(23)20(16(24)27-18(4,5)6)19(7,8)11-13-28(9)25-12-10-14(21)22/h10,12H,11,13H2,1-9H3,(H,21,22)/b12-10+. The quantitative estimate of drug-likeness (QED) is 0.353. The third kappa shape index (κ3) is 11.1. The minimum absolute atomic E-state index is 0.425. The van der Waals surface area contributed by atoms with Crippen molar-refractivity contribution in [1.82, 2.24) is 4.90 Å². The van der Waals surface area contributed by atoms with Crippen molar-refractivity contribution in [1.29, 1.82) is 0 Å². The molecule has 0 aromatic rings. The maximum Gasteiger partial charge on any atom is 0.420 e. The van der Waals surface area contributed by atoms with Gasteiger partial charge in [0.2, 0.25) is 0 Å². The van der Waals surface area contributed by atoms with E-state index in [0.29, 0.717) is 12.6 Å². The van der Waals surface area contributed by atoms with E-state index >= 15 is 0 Å². The van der Waals surface area contributed by atoms with Crippen molar-refractivity contribution in [2.24, 2.45) is 0 Å². The number of carboxylic acids is 1. The molecule has 0 rings (SSSR count). The molecular weight excluding hydrogens is 385 g/mol. The molecule has 1 unspecified atom stereocenters. The number of carbonyl (C=O) groups is 3. The second kappa shape index (κ2) is 10.1. The molecule has 0 aliphatic rings. The van der Waals surface area contributed by atoms with Gasteiger partial charge in [-0.05, 0) is 68.5 Å². The molecule has 28 heavy (non-hydrogen) atoms. The summed E-state index contributed by atoms with van der Waals surface area (Å²) in [5, 5.41) is 8.60. The summed E-state index contributed by atoms with van der Waals surface area (Å²) >= 11 is 0. The van der Waals surface area contributed by atoms with E-state index in [-0.39, 0.29) is 0 Å². The van der Waals surface area contributed by atoms with Crippen LogP contribution in [0.3, 0.4) is 0 Å². The SMILES string of the molecule is CP(CCC(C)(C)N(C(=O)OC(C)(C)C)C(=O)OC(C)(C)C)O/C=C/C(=O)O. The molecule has 0 radical (unpaired) electrons. The average Bonchev–Trinajstić information content (AvgIpc) is 2.40. The average molecular weight is 419 g/mol. The van der Waals surface area contributed by atoms with Gasteiger partial charge in [0.15, 0.2) is 0 Å². The summed E-state index contributed by atoms with van der Waals surface area (Å²) in [5.74, 6) is -1.09. The van der Waals surface area contributed by atoms with Gasteiger partial charge in [0.25, 0.3) is 0 Å². The van der Waals surface area contributed by atoms with E-state index in [2.05, 4.69) is 0 Å². The van der Waals surface area contributed by atoms with Gasteiger partial charge in [-0.15, -0.1) is 0 Å². The summed E-state index contributed by atoms with van der Waals surface area (Å²) in [6.45, 7) is 15.7. The van der Waals surface area contributed by atoms with E-state index in [4.69, 9.17) is 19.1 Å². The van der Waals surface area contributed by atoms with Crippen LogP contribution in [0, 0.1) is 0 Å². The van der Waals surface area contributed by atoms with Crippen LogP contribution in [0.5, 0.6) is 0 Å². The lowest BCUT2D eigenvalue weighted by molar-refractivity contribution is -0.131. The van der Waals surface area contributed by atoms with Gasteiger partial charge in [-0.25, -0.2) is 19.3 Å². The first-order valence-corrected chi connectivity index (χ1v) is 10.9. The molecule has 0 saturated carbocycles. The van der Waals surface area contributed by atoms with Gasteiger partial charge in [0.1, 0.15) is 11.2 Å². The Kier molecular flexibility index (Phi) is 9.44. The van der Waals surface area contributed by atoms with Gasteiger partial charge in [-0.3, -0.25) is 0 Å². The van der Waals surface area contributed by atoms with Crippen molar-refractivity contribution >= 4 is 26.3 Å². The number of ether oxygens (including phenoxy) is 2. The van der Waals surface area contributed by atoms with E-state index in [1.165, 1.54) is 0 Å². The highest BCUT2D eigenvalue weighted by atomic mass is 31.1. The molecule has 162 valence electrons. The van der Waals surface area contributed by atoms with Crippen molar-refractivity contribution in [3.05, 3.63) is 12.3 Å². The molecule has 0 bridgehead atoms. The molecule has 1 atom stereocenters. The highest BCUT2D eigenvalue weighted by Gasteiger charge is 2.41. The van der Waals surface area contributed by atoms with Gasteiger partial charge in [0.05, 0.1) is 26.0 Å². The van der Waals surface area contributed by atoms with E-state index in [0.717, 1.165) is 17.2 Å². The second-order valence-electron chi connectivity index (χ2n) is 8.96. The van der Waals surface area contributed by atoms with Crippen LogP contribution < -0.4 is 0 Å². The summed E-state index contributed by atoms with van der Waals surface area (Å²) in [7, 11) is -0.974. The van der Waals surface area contributed by atoms with Crippen LogP contribution in [0.1, 0.15) is 61.8 Å². The molecule has 0 aliphatic heterocycles. The van der Waals surface area contributed by atoms with E-state index < -0.39 is 43.0 Å². The number of hydrogen-bond donors (Lipinski definition) is 1. The topological polar surface area (TPSA) is 102 Å². The molecule has 0 aliphatic carbocycles. The number of nitrogens with zero attached hydrogens (tertiary/aromatic N) is 1. The van der Waals surface area contributed by atoms with Crippen molar-refractivity contribution in [2.75, 3.05) is 12.8 Å². The molecule has 0 aromatic carbocycles. The summed E-state index contributed by atoms with van der Waals surface area (Å²) in [4.78, 5) is 36.9. The third-order valence-corrected chi connectivity index (χ3v) is 4.58. The van der Waals surface area contributed by atoms with E-state index in [1.54, 1.807) is 55.4 Å². The van der Waals surface area contributed by atoms with Gasteiger partial charge < -0.3 is 19.1 Å². The smallest absolute Gasteiger partial charge is 0.420 e. The lowest BCUT2D eigenvalue weighted by Gasteiger charge is -2.38. The monoisotopic (exact) mass is 419 g/mol.